The fourth-order valence-corrected chi connectivity index (χ4v) is 4.38. The number of anilines is 1. The topological polar surface area (TPSA) is 86.5 Å². The maximum Gasteiger partial charge on any atom is 0.384 e. The van der Waals surface area contributed by atoms with Gasteiger partial charge in [0.15, 0.2) is 0 Å². The molecule has 0 bridgehead atoms. The van der Waals surface area contributed by atoms with E-state index in [2.05, 4.69) is 33.5 Å². The van der Waals surface area contributed by atoms with Crippen molar-refractivity contribution in [3.63, 3.8) is 0 Å². The lowest BCUT2D eigenvalue weighted by Crippen LogP contribution is -2.15. The SMILES string of the molecule is COP(=O)(OC)c1nc(Cc2cccc3ccccc23)oc1NCc1cccnc1. The van der Waals surface area contributed by atoms with Crippen molar-refractivity contribution >= 4 is 29.7 Å². The van der Waals surface area contributed by atoms with Gasteiger partial charge >= 0.3 is 7.60 Å². The normalized spacial score (nSPS) is 11.7. The average Bonchev–Trinajstić information content (AvgIpc) is 3.21. The van der Waals surface area contributed by atoms with E-state index in [1.54, 1.807) is 12.4 Å². The van der Waals surface area contributed by atoms with Gasteiger partial charge in [0.1, 0.15) is 0 Å². The van der Waals surface area contributed by atoms with Gasteiger partial charge in [0.2, 0.25) is 17.2 Å². The molecule has 0 unspecified atom stereocenters. The fourth-order valence-electron chi connectivity index (χ4n) is 3.27. The molecular weight excluding hydrogens is 401 g/mol. The highest BCUT2D eigenvalue weighted by Gasteiger charge is 2.34. The highest BCUT2D eigenvalue weighted by molar-refractivity contribution is 7.62. The summed E-state index contributed by atoms with van der Waals surface area (Å²) in [6, 6.07) is 18.0. The van der Waals surface area contributed by atoms with E-state index < -0.39 is 7.60 Å². The van der Waals surface area contributed by atoms with Crippen molar-refractivity contribution in [3.8, 4) is 0 Å². The summed E-state index contributed by atoms with van der Waals surface area (Å²) < 4.78 is 29.3. The Balaban J connectivity index is 1.68. The number of nitrogens with one attached hydrogen (secondary N) is 1. The minimum atomic E-state index is -3.61. The molecule has 2 aromatic heterocycles. The van der Waals surface area contributed by atoms with Gasteiger partial charge in [-0.05, 0) is 28.0 Å². The maximum absolute atomic E-state index is 13.0. The summed E-state index contributed by atoms with van der Waals surface area (Å²) >= 11 is 0. The molecule has 0 aliphatic rings. The van der Waals surface area contributed by atoms with Gasteiger partial charge in [-0.1, -0.05) is 48.5 Å². The minimum absolute atomic E-state index is 0.131. The second-order valence-corrected chi connectivity index (χ2v) is 8.80. The average molecular weight is 423 g/mol. The van der Waals surface area contributed by atoms with Crippen LogP contribution in [-0.4, -0.2) is 24.2 Å². The lowest BCUT2D eigenvalue weighted by atomic mass is 10.0. The van der Waals surface area contributed by atoms with Crippen molar-refractivity contribution < 1.29 is 18.0 Å². The van der Waals surface area contributed by atoms with Crippen LogP contribution in [0.3, 0.4) is 0 Å². The molecule has 0 atom stereocenters. The fraction of sp³-hybridized carbons (Fsp3) is 0.182. The molecule has 0 fully saturated rings. The molecule has 30 heavy (non-hydrogen) atoms. The second-order valence-electron chi connectivity index (χ2n) is 6.65. The predicted molar refractivity (Wildman–Crippen MR) is 116 cm³/mol. The van der Waals surface area contributed by atoms with E-state index in [0.717, 1.165) is 21.9 Å². The molecule has 4 rings (SSSR count). The first-order valence-electron chi connectivity index (χ1n) is 9.44. The molecule has 0 saturated heterocycles. The quantitative estimate of drug-likeness (QED) is 0.417. The van der Waals surface area contributed by atoms with Crippen molar-refractivity contribution in [2.24, 2.45) is 0 Å². The summed E-state index contributed by atoms with van der Waals surface area (Å²) in [6.07, 6.45) is 3.89. The number of hydrogen-bond donors (Lipinski definition) is 1. The lowest BCUT2D eigenvalue weighted by molar-refractivity contribution is 0.286. The standard InChI is InChI=1S/C22H22N3O4P/c1-27-30(26,28-2)22-21(24-15-16-7-6-12-23-14-16)29-20(25-22)13-18-10-5-9-17-8-3-4-11-19(17)18/h3-12,14,24H,13,15H2,1-2H3. The highest BCUT2D eigenvalue weighted by atomic mass is 31.2. The van der Waals surface area contributed by atoms with E-state index >= 15 is 0 Å². The number of rotatable bonds is 8. The largest absolute Gasteiger partial charge is 0.424 e. The van der Waals surface area contributed by atoms with Gasteiger partial charge in [0, 0.05) is 33.2 Å². The zero-order valence-electron chi connectivity index (χ0n) is 16.7. The third kappa shape index (κ3) is 4.14. The van der Waals surface area contributed by atoms with Crippen LogP contribution in [0.2, 0.25) is 0 Å². The molecule has 0 aliphatic carbocycles. The third-order valence-electron chi connectivity index (χ3n) is 4.79. The third-order valence-corrected chi connectivity index (χ3v) is 6.57. The first-order valence-corrected chi connectivity index (χ1v) is 11.0. The van der Waals surface area contributed by atoms with Crippen LogP contribution in [0.15, 0.2) is 71.4 Å². The van der Waals surface area contributed by atoms with Crippen molar-refractivity contribution in [3.05, 3.63) is 84.0 Å². The Bertz CT molecular complexity index is 1180. The van der Waals surface area contributed by atoms with Crippen molar-refractivity contribution in [2.75, 3.05) is 19.5 Å². The molecule has 4 aromatic rings. The highest BCUT2D eigenvalue weighted by Crippen LogP contribution is 2.47. The molecule has 0 radical (unpaired) electrons. The van der Waals surface area contributed by atoms with Crippen LogP contribution >= 0.6 is 7.60 Å². The van der Waals surface area contributed by atoms with E-state index in [-0.39, 0.29) is 11.3 Å². The molecule has 0 saturated carbocycles. The molecule has 0 amide bonds. The molecule has 1 N–H and O–H groups in total. The number of aromatic nitrogens is 2. The summed E-state index contributed by atoms with van der Waals surface area (Å²) in [5, 5.41) is 5.40. The summed E-state index contributed by atoms with van der Waals surface area (Å²) in [6.45, 7) is 0.428. The van der Waals surface area contributed by atoms with Gasteiger partial charge in [0.25, 0.3) is 0 Å². The number of pyridine rings is 1. The van der Waals surface area contributed by atoms with Crippen LogP contribution in [0.4, 0.5) is 5.88 Å². The summed E-state index contributed by atoms with van der Waals surface area (Å²) in [5.74, 6) is 0.686. The first-order chi connectivity index (χ1) is 14.6. The number of fused-ring (bicyclic) bond motifs is 1. The monoisotopic (exact) mass is 423 g/mol. The number of oxazole rings is 1. The van der Waals surface area contributed by atoms with Crippen LogP contribution in [0.25, 0.3) is 10.8 Å². The van der Waals surface area contributed by atoms with Crippen LogP contribution < -0.4 is 10.8 Å². The Morgan fingerprint density at radius 2 is 1.83 bits per heavy atom. The maximum atomic E-state index is 13.0. The second kappa shape index (κ2) is 8.79. The van der Waals surface area contributed by atoms with Gasteiger partial charge in [-0.15, -0.1) is 0 Å². The van der Waals surface area contributed by atoms with E-state index in [1.165, 1.54) is 14.2 Å². The zero-order chi connectivity index (χ0) is 21.0. The molecule has 154 valence electrons. The number of hydrogen-bond acceptors (Lipinski definition) is 7. The molecule has 8 heteroatoms. The Labute approximate surface area is 174 Å². The van der Waals surface area contributed by atoms with Gasteiger partial charge in [-0.3, -0.25) is 9.55 Å². The summed E-state index contributed by atoms with van der Waals surface area (Å²) in [7, 11) is -0.952. The van der Waals surface area contributed by atoms with Gasteiger partial charge in [0.05, 0.1) is 6.42 Å². The van der Waals surface area contributed by atoms with Gasteiger partial charge in [-0.2, -0.15) is 0 Å². The van der Waals surface area contributed by atoms with Gasteiger partial charge in [-0.25, -0.2) is 4.98 Å². The summed E-state index contributed by atoms with van der Waals surface area (Å²) in [5.41, 5.74) is 2.14. The van der Waals surface area contributed by atoms with E-state index in [9.17, 15) is 4.57 Å². The van der Waals surface area contributed by atoms with E-state index in [4.69, 9.17) is 13.5 Å². The van der Waals surface area contributed by atoms with E-state index in [1.807, 2.05) is 36.4 Å². The van der Waals surface area contributed by atoms with Gasteiger partial charge < -0.3 is 18.8 Å². The molecule has 0 aliphatic heterocycles. The molecular formula is C22H22N3O4P. The van der Waals surface area contributed by atoms with Crippen molar-refractivity contribution in [2.45, 2.75) is 13.0 Å². The zero-order valence-corrected chi connectivity index (χ0v) is 17.6. The summed E-state index contributed by atoms with van der Waals surface area (Å²) in [4.78, 5) is 8.58. The van der Waals surface area contributed by atoms with Crippen molar-refractivity contribution in [1.29, 1.82) is 0 Å². The molecule has 2 aromatic carbocycles. The molecule has 0 spiro atoms. The van der Waals surface area contributed by atoms with Crippen LogP contribution in [0, 0.1) is 0 Å². The molecule has 7 nitrogen and oxygen atoms in total. The molecule has 2 heterocycles. The Morgan fingerprint density at radius 3 is 2.60 bits per heavy atom. The Hall–Kier alpha value is -2.99. The van der Waals surface area contributed by atoms with E-state index in [0.29, 0.717) is 18.9 Å². The predicted octanol–water partition coefficient (Wildman–Crippen LogP) is 4.54. The first kappa shape index (κ1) is 20.3. The Morgan fingerprint density at radius 1 is 1.03 bits per heavy atom. The number of benzene rings is 2. The van der Waals surface area contributed by atoms with Crippen LogP contribution in [0.1, 0.15) is 17.0 Å². The van der Waals surface area contributed by atoms with Crippen molar-refractivity contribution in [1.82, 2.24) is 9.97 Å². The Kier molecular flexibility index (Phi) is 5.95. The minimum Gasteiger partial charge on any atom is -0.424 e. The van der Waals surface area contributed by atoms with Crippen LogP contribution in [-0.2, 0) is 26.6 Å². The smallest absolute Gasteiger partial charge is 0.384 e. The van der Waals surface area contributed by atoms with Crippen LogP contribution in [0.5, 0.6) is 0 Å². The lowest BCUT2D eigenvalue weighted by Gasteiger charge is -2.12. The number of nitrogens with zero attached hydrogens (tertiary/aromatic N) is 2.